The molecule has 0 aliphatic carbocycles. The van der Waals surface area contributed by atoms with Gasteiger partial charge in [0.1, 0.15) is 18.2 Å². The molecule has 0 aromatic heterocycles. The average Bonchev–Trinajstić information content (AvgIpc) is 2.72. The number of halogens is 2. The molecule has 0 unspecified atom stereocenters. The standard InChI is InChI=1S/C24H25ClFNO/c1-18(14-15-19-8-3-2-4-9-19)27-16-20-10-5-6-13-24(20)28-17-21-22(25)11-7-12-23(21)26/h2-13,18,27H,14-17H2,1H3/t18-/m1/s1. The van der Waals surface area contributed by atoms with Gasteiger partial charge in [0, 0.05) is 23.7 Å². The van der Waals surface area contributed by atoms with Gasteiger partial charge in [-0.05, 0) is 43.5 Å². The summed E-state index contributed by atoms with van der Waals surface area (Å²) in [6.07, 6.45) is 2.09. The fourth-order valence-electron chi connectivity index (χ4n) is 3.02. The van der Waals surface area contributed by atoms with E-state index in [2.05, 4.69) is 36.5 Å². The summed E-state index contributed by atoms with van der Waals surface area (Å²) < 4.78 is 19.8. The van der Waals surface area contributed by atoms with Gasteiger partial charge in [0.25, 0.3) is 0 Å². The molecule has 0 saturated carbocycles. The topological polar surface area (TPSA) is 21.3 Å². The first-order valence-corrected chi connectivity index (χ1v) is 9.92. The lowest BCUT2D eigenvalue weighted by molar-refractivity contribution is 0.295. The monoisotopic (exact) mass is 397 g/mol. The molecule has 146 valence electrons. The number of rotatable bonds is 9. The van der Waals surface area contributed by atoms with Crippen LogP contribution in [-0.4, -0.2) is 6.04 Å². The van der Waals surface area contributed by atoms with Crippen LogP contribution in [0, 0.1) is 5.82 Å². The molecule has 1 N–H and O–H groups in total. The van der Waals surface area contributed by atoms with E-state index in [0.717, 1.165) is 24.2 Å². The Balaban J connectivity index is 1.55. The molecule has 0 saturated heterocycles. The number of hydrogen-bond donors (Lipinski definition) is 1. The number of benzene rings is 3. The summed E-state index contributed by atoms with van der Waals surface area (Å²) in [7, 11) is 0. The van der Waals surface area contributed by atoms with Crippen molar-refractivity contribution in [3.05, 3.63) is 100 Å². The third kappa shape index (κ3) is 5.82. The Morgan fingerprint density at radius 1 is 0.964 bits per heavy atom. The predicted molar refractivity (Wildman–Crippen MR) is 113 cm³/mol. The van der Waals surface area contributed by atoms with E-state index < -0.39 is 0 Å². The van der Waals surface area contributed by atoms with Crippen molar-refractivity contribution >= 4 is 11.6 Å². The van der Waals surface area contributed by atoms with E-state index in [0.29, 0.717) is 23.2 Å². The molecule has 0 heterocycles. The fourth-order valence-corrected chi connectivity index (χ4v) is 3.24. The molecule has 28 heavy (non-hydrogen) atoms. The maximum Gasteiger partial charge on any atom is 0.131 e. The van der Waals surface area contributed by atoms with Crippen LogP contribution < -0.4 is 10.1 Å². The zero-order valence-corrected chi connectivity index (χ0v) is 16.8. The number of nitrogens with one attached hydrogen (secondary N) is 1. The smallest absolute Gasteiger partial charge is 0.131 e. The van der Waals surface area contributed by atoms with Gasteiger partial charge in [0.2, 0.25) is 0 Å². The van der Waals surface area contributed by atoms with Gasteiger partial charge in [-0.25, -0.2) is 4.39 Å². The number of aryl methyl sites for hydroxylation is 1. The van der Waals surface area contributed by atoms with E-state index >= 15 is 0 Å². The molecular weight excluding hydrogens is 373 g/mol. The van der Waals surface area contributed by atoms with Crippen LogP contribution in [0.5, 0.6) is 5.75 Å². The maximum absolute atomic E-state index is 14.0. The van der Waals surface area contributed by atoms with Gasteiger partial charge in [-0.2, -0.15) is 0 Å². The van der Waals surface area contributed by atoms with Crippen molar-refractivity contribution in [2.75, 3.05) is 0 Å². The van der Waals surface area contributed by atoms with Crippen LogP contribution in [0.4, 0.5) is 4.39 Å². The third-order valence-electron chi connectivity index (χ3n) is 4.76. The highest BCUT2D eigenvalue weighted by atomic mass is 35.5. The second-order valence-corrected chi connectivity index (χ2v) is 7.31. The Morgan fingerprint density at radius 2 is 1.71 bits per heavy atom. The van der Waals surface area contributed by atoms with E-state index in [-0.39, 0.29) is 12.4 Å². The lowest BCUT2D eigenvalue weighted by atomic mass is 10.1. The summed E-state index contributed by atoms with van der Waals surface area (Å²) in [5.74, 6) is 0.391. The minimum absolute atomic E-state index is 0.103. The Bertz CT molecular complexity index is 865. The minimum Gasteiger partial charge on any atom is -0.488 e. The molecule has 0 aliphatic rings. The summed E-state index contributed by atoms with van der Waals surface area (Å²) in [6.45, 7) is 2.98. The third-order valence-corrected chi connectivity index (χ3v) is 5.11. The van der Waals surface area contributed by atoms with Gasteiger partial charge in [-0.3, -0.25) is 0 Å². The highest BCUT2D eigenvalue weighted by molar-refractivity contribution is 6.31. The number of ether oxygens (including phenoxy) is 1. The van der Waals surface area contributed by atoms with Crippen molar-refractivity contribution in [2.24, 2.45) is 0 Å². The first kappa shape index (κ1) is 20.4. The van der Waals surface area contributed by atoms with Crippen LogP contribution in [0.25, 0.3) is 0 Å². The molecule has 0 spiro atoms. The Morgan fingerprint density at radius 3 is 2.50 bits per heavy atom. The van der Waals surface area contributed by atoms with Crippen molar-refractivity contribution in [3.63, 3.8) is 0 Å². The van der Waals surface area contributed by atoms with Crippen LogP contribution in [0.1, 0.15) is 30.0 Å². The second kappa shape index (κ2) is 10.3. The van der Waals surface area contributed by atoms with Gasteiger partial charge >= 0.3 is 0 Å². The predicted octanol–water partition coefficient (Wildman–Crippen LogP) is 6.17. The first-order chi connectivity index (χ1) is 13.6. The summed E-state index contributed by atoms with van der Waals surface area (Å²) in [5.41, 5.74) is 2.77. The van der Waals surface area contributed by atoms with Crippen LogP contribution >= 0.6 is 11.6 Å². The molecule has 0 amide bonds. The molecule has 0 radical (unpaired) electrons. The zero-order chi connectivity index (χ0) is 19.8. The average molecular weight is 398 g/mol. The molecular formula is C24H25ClFNO. The van der Waals surface area contributed by atoms with E-state index in [1.165, 1.54) is 11.6 Å². The minimum atomic E-state index is -0.349. The maximum atomic E-state index is 14.0. The normalized spacial score (nSPS) is 12.0. The molecule has 3 aromatic carbocycles. The van der Waals surface area contributed by atoms with Gasteiger partial charge < -0.3 is 10.1 Å². The largest absolute Gasteiger partial charge is 0.488 e. The first-order valence-electron chi connectivity index (χ1n) is 9.54. The number of hydrogen-bond acceptors (Lipinski definition) is 2. The van der Waals surface area contributed by atoms with Crippen LogP contribution in [0.15, 0.2) is 72.8 Å². The van der Waals surface area contributed by atoms with E-state index in [1.54, 1.807) is 12.1 Å². The lowest BCUT2D eigenvalue weighted by Gasteiger charge is -2.17. The Kier molecular flexibility index (Phi) is 7.46. The summed E-state index contributed by atoms with van der Waals surface area (Å²) in [6, 6.07) is 23.3. The van der Waals surface area contributed by atoms with Gasteiger partial charge in [0.15, 0.2) is 0 Å². The van der Waals surface area contributed by atoms with Crippen molar-refractivity contribution < 1.29 is 9.13 Å². The highest BCUT2D eigenvalue weighted by Gasteiger charge is 2.10. The van der Waals surface area contributed by atoms with Crippen LogP contribution in [0.2, 0.25) is 5.02 Å². The van der Waals surface area contributed by atoms with Gasteiger partial charge in [-0.1, -0.05) is 66.2 Å². The second-order valence-electron chi connectivity index (χ2n) is 6.90. The van der Waals surface area contributed by atoms with E-state index in [4.69, 9.17) is 16.3 Å². The van der Waals surface area contributed by atoms with Crippen molar-refractivity contribution in [2.45, 2.75) is 39.0 Å². The molecule has 0 bridgehead atoms. The molecule has 1 atom stereocenters. The highest BCUT2D eigenvalue weighted by Crippen LogP contribution is 2.24. The molecule has 3 rings (SSSR count). The molecule has 4 heteroatoms. The SMILES string of the molecule is C[C@H](CCc1ccccc1)NCc1ccccc1OCc1c(F)cccc1Cl. The Labute approximate surface area is 171 Å². The quantitative estimate of drug-likeness (QED) is 0.466. The number of para-hydroxylation sites is 1. The summed E-state index contributed by atoms with van der Waals surface area (Å²) in [5, 5.41) is 3.93. The van der Waals surface area contributed by atoms with E-state index in [9.17, 15) is 4.39 Å². The summed E-state index contributed by atoms with van der Waals surface area (Å²) >= 11 is 6.09. The van der Waals surface area contributed by atoms with E-state index in [1.807, 2.05) is 30.3 Å². The van der Waals surface area contributed by atoms with Gasteiger partial charge in [-0.15, -0.1) is 0 Å². The molecule has 0 fully saturated rings. The molecule has 2 nitrogen and oxygen atoms in total. The fraction of sp³-hybridized carbons (Fsp3) is 0.250. The lowest BCUT2D eigenvalue weighted by Crippen LogP contribution is -2.26. The van der Waals surface area contributed by atoms with Crippen molar-refractivity contribution in [3.8, 4) is 5.75 Å². The van der Waals surface area contributed by atoms with Crippen LogP contribution in [-0.2, 0) is 19.6 Å². The Hall–Kier alpha value is -2.36. The molecule has 3 aromatic rings. The zero-order valence-electron chi connectivity index (χ0n) is 16.0. The molecule has 0 aliphatic heterocycles. The van der Waals surface area contributed by atoms with Gasteiger partial charge in [0.05, 0.1) is 5.02 Å². The summed E-state index contributed by atoms with van der Waals surface area (Å²) in [4.78, 5) is 0. The van der Waals surface area contributed by atoms with Crippen molar-refractivity contribution in [1.29, 1.82) is 0 Å². The van der Waals surface area contributed by atoms with Crippen molar-refractivity contribution in [1.82, 2.24) is 5.32 Å². The van der Waals surface area contributed by atoms with Crippen LogP contribution in [0.3, 0.4) is 0 Å².